The van der Waals surface area contributed by atoms with Gasteiger partial charge in [0.25, 0.3) is 0 Å². The second-order valence-corrected chi connectivity index (χ2v) is 15.2. The molecule has 5 heteroatoms. The molecule has 5 nitrogen and oxygen atoms in total. The Bertz CT molecular complexity index is 1060. The van der Waals surface area contributed by atoms with E-state index < -0.39 is 0 Å². The summed E-state index contributed by atoms with van der Waals surface area (Å²) >= 11 is 0. The van der Waals surface area contributed by atoms with E-state index in [-0.39, 0.29) is 57.0 Å². The number of hydrogen-bond donors (Lipinski definition) is 0. The van der Waals surface area contributed by atoms with E-state index in [9.17, 15) is 14.9 Å². The number of carbonyl (C=O) groups excluding carboxylic acids is 2. The van der Waals surface area contributed by atoms with Crippen LogP contribution in [0.15, 0.2) is 12.2 Å². The van der Waals surface area contributed by atoms with Crippen LogP contribution in [0.3, 0.4) is 0 Å². The van der Waals surface area contributed by atoms with Gasteiger partial charge in [0, 0.05) is 18.8 Å². The second kappa shape index (κ2) is 9.92. The van der Waals surface area contributed by atoms with E-state index in [0.717, 1.165) is 51.4 Å². The molecule has 4 aliphatic rings. The fourth-order valence-corrected chi connectivity index (χ4v) is 11.4. The van der Waals surface area contributed by atoms with Crippen LogP contribution in [0.4, 0.5) is 0 Å². The first-order valence-electron chi connectivity index (χ1n) is 15.3. The van der Waals surface area contributed by atoms with Gasteiger partial charge in [0.1, 0.15) is 6.10 Å². The van der Waals surface area contributed by atoms with E-state index in [1.807, 2.05) is 6.92 Å². The highest BCUT2D eigenvalue weighted by Gasteiger charge is 2.71. The Morgan fingerprint density at radius 3 is 2.26 bits per heavy atom. The lowest BCUT2D eigenvalue weighted by molar-refractivity contribution is -0.235. The number of rotatable bonds is 6. The van der Waals surface area contributed by atoms with Crippen molar-refractivity contribution >= 4 is 11.9 Å². The average molecular weight is 540 g/mol. The first-order valence-corrected chi connectivity index (χ1v) is 15.3. The first-order chi connectivity index (χ1) is 18.1. The highest BCUT2D eigenvalue weighted by atomic mass is 16.5. The molecule has 4 aliphatic carbocycles. The molecule has 0 aromatic heterocycles. The number of esters is 2. The van der Waals surface area contributed by atoms with Gasteiger partial charge in [-0.1, -0.05) is 46.8 Å². The van der Waals surface area contributed by atoms with E-state index in [1.165, 1.54) is 12.5 Å². The zero-order chi connectivity index (χ0) is 29.2. The van der Waals surface area contributed by atoms with Crippen LogP contribution in [-0.2, 0) is 19.1 Å². The molecule has 0 aromatic carbocycles. The summed E-state index contributed by atoms with van der Waals surface area (Å²) in [6.07, 6.45) is 8.40. The van der Waals surface area contributed by atoms with Crippen molar-refractivity contribution in [2.75, 3.05) is 7.11 Å². The summed E-state index contributed by atoms with van der Waals surface area (Å²) < 4.78 is 11.3. The second-order valence-electron chi connectivity index (χ2n) is 15.2. The first kappa shape index (κ1) is 30.1. The van der Waals surface area contributed by atoms with Crippen LogP contribution in [0.2, 0.25) is 0 Å². The number of nitrogens with zero attached hydrogens (tertiary/aromatic N) is 1. The number of methoxy groups -OCH3 is 1. The van der Waals surface area contributed by atoms with Crippen LogP contribution in [0.5, 0.6) is 0 Å². The third-order valence-electron chi connectivity index (χ3n) is 13.7. The molecule has 0 aromatic rings. The van der Waals surface area contributed by atoms with Gasteiger partial charge in [0.05, 0.1) is 18.6 Å². The van der Waals surface area contributed by atoms with Crippen LogP contribution in [0.25, 0.3) is 0 Å². The van der Waals surface area contributed by atoms with Gasteiger partial charge < -0.3 is 9.47 Å². The molecule has 0 bridgehead atoms. The Morgan fingerprint density at radius 1 is 1.03 bits per heavy atom. The summed E-state index contributed by atoms with van der Waals surface area (Å²) in [6.45, 7) is 21.9. The molecule has 218 valence electrons. The van der Waals surface area contributed by atoms with Crippen molar-refractivity contribution in [3.63, 3.8) is 0 Å². The molecule has 0 saturated heterocycles. The summed E-state index contributed by atoms with van der Waals surface area (Å²) in [4.78, 5) is 25.3. The lowest BCUT2D eigenvalue weighted by Gasteiger charge is -2.71. The summed E-state index contributed by atoms with van der Waals surface area (Å²) in [5, 5.41) is 10.2. The number of carbonyl (C=O) groups is 2. The summed E-state index contributed by atoms with van der Waals surface area (Å²) in [7, 11) is 1.56. The molecule has 0 aliphatic heterocycles. The molecule has 10 atom stereocenters. The molecular weight excluding hydrogens is 486 g/mol. The maximum absolute atomic E-state index is 13.4. The van der Waals surface area contributed by atoms with Gasteiger partial charge in [-0.25, -0.2) is 0 Å². The van der Waals surface area contributed by atoms with E-state index in [2.05, 4.69) is 54.2 Å². The zero-order valence-electron chi connectivity index (χ0n) is 26.1. The molecule has 0 N–H and O–H groups in total. The Morgan fingerprint density at radius 2 is 1.69 bits per heavy atom. The molecule has 4 rings (SSSR count). The SMILES string of the molecule is C=C(C)[C@@H]1CC[C@]2(C(=O)OC)CC[C@]3(C)[C@H](CC[C@@H]4[C@@](C)(CC#N)[C@H](C(C)(C)[C@@H](C)OC(C)=O)CC[C@]43C)[C@@H]12. The summed E-state index contributed by atoms with van der Waals surface area (Å²) in [5.74, 6) is 1.48. The number of allylic oxidation sites excluding steroid dienone is 1. The third-order valence-corrected chi connectivity index (χ3v) is 13.7. The zero-order valence-corrected chi connectivity index (χ0v) is 26.1. The standard InChI is InChI=1S/C34H53NO4/c1-21(2)24-13-16-34(29(37)38-10)18-17-32(8)25(28(24)34)11-12-27-31(7,19-20-35)26(14-15-33(27,32)9)30(5,6)22(3)39-23(4)36/h22,24-28H,1,11-19H2,2-10H3/t22-,24+,25-,26+,27-,28-,31+,32-,33-,34+/m1/s1. The van der Waals surface area contributed by atoms with Crippen molar-refractivity contribution in [1.29, 1.82) is 5.26 Å². The van der Waals surface area contributed by atoms with E-state index in [1.54, 1.807) is 7.11 Å². The Balaban J connectivity index is 1.77. The van der Waals surface area contributed by atoms with Crippen molar-refractivity contribution in [3.8, 4) is 6.07 Å². The fourth-order valence-electron chi connectivity index (χ4n) is 11.4. The molecule has 0 heterocycles. The highest BCUT2D eigenvalue weighted by molar-refractivity contribution is 5.78. The van der Waals surface area contributed by atoms with Crippen LogP contribution >= 0.6 is 0 Å². The minimum absolute atomic E-state index is 0.00943. The van der Waals surface area contributed by atoms with Crippen LogP contribution in [0, 0.1) is 68.0 Å². The van der Waals surface area contributed by atoms with Crippen LogP contribution < -0.4 is 0 Å². The molecule has 4 fully saturated rings. The smallest absolute Gasteiger partial charge is 0.312 e. The topological polar surface area (TPSA) is 76.4 Å². The van der Waals surface area contributed by atoms with Gasteiger partial charge >= 0.3 is 11.9 Å². The van der Waals surface area contributed by atoms with Crippen molar-refractivity contribution < 1.29 is 19.1 Å². The number of nitriles is 1. The largest absolute Gasteiger partial charge is 0.469 e. The number of hydrogen-bond acceptors (Lipinski definition) is 5. The van der Waals surface area contributed by atoms with E-state index >= 15 is 0 Å². The third kappa shape index (κ3) is 4.13. The van der Waals surface area contributed by atoms with Gasteiger partial charge in [-0.15, -0.1) is 0 Å². The van der Waals surface area contributed by atoms with Gasteiger partial charge in [-0.05, 0) is 111 Å². The average Bonchev–Trinajstić information content (AvgIpc) is 3.25. The molecule has 0 radical (unpaired) electrons. The summed E-state index contributed by atoms with van der Waals surface area (Å²) in [6, 6.07) is 2.60. The lowest BCUT2D eigenvalue weighted by Crippen LogP contribution is -2.66. The Labute approximate surface area is 237 Å². The van der Waals surface area contributed by atoms with Gasteiger partial charge in [-0.2, -0.15) is 5.26 Å². The maximum atomic E-state index is 13.4. The fraction of sp³-hybridized carbons (Fsp3) is 0.853. The van der Waals surface area contributed by atoms with Crippen molar-refractivity contribution in [2.45, 2.75) is 119 Å². The minimum Gasteiger partial charge on any atom is -0.469 e. The summed E-state index contributed by atoms with van der Waals surface area (Å²) in [5.41, 5.74) is 0.516. The van der Waals surface area contributed by atoms with Crippen molar-refractivity contribution in [1.82, 2.24) is 0 Å². The maximum Gasteiger partial charge on any atom is 0.312 e. The van der Waals surface area contributed by atoms with E-state index in [4.69, 9.17) is 9.47 Å². The quantitative estimate of drug-likeness (QED) is 0.253. The number of ether oxygens (including phenoxy) is 2. The van der Waals surface area contributed by atoms with Gasteiger partial charge in [0.2, 0.25) is 0 Å². The van der Waals surface area contributed by atoms with E-state index in [0.29, 0.717) is 24.2 Å². The Hall–Kier alpha value is -1.83. The lowest BCUT2D eigenvalue weighted by atomic mass is 9.33. The Kier molecular flexibility index (Phi) is 7.66. The minimum atomic E-state index is -0.389. The van der Waals surface area contributed by atoms with Gasteiger partial charge in [-0.3, -0.25) is 9.59 Å². The predicted octanol–water partition coefficient (Wildman–Crippen LogP) is 7.89. The predicted molar refractivity (Wildman–Crippen MR) is 153 cm³/mol. The monoisotopic (exact) mass is 539 g/mol. The highest BCUT2D eigenvalue weighted by Crippen LogP contribution is 2.76. The number of fused-ring (bicyclic) bond motifs is 5. The molecule has 0 amide bonds. The molecular formula is C34H53NO4. The van der Waals surface area contributed by atoms with Crippen LogP contribution in [0.1, 0.15) is 113 Å². The van der Waals surface area contributed by atoms with Crippen molar-refractivity contribution in [2.24, 2.45) is 56.7 Å². The molecule has 0 unspecified atom stereocenters. The van der Waals surface area contributed by atoms with Gasteiger partial charge in [0.15, 0.2) is 0 Å². The molecule has 39 heavy (non-hydrogen) atoms. The van der Waals surface area contributed by atoms with Crippen molar-refractivity contribution in [3.05, 3.63) is 12.2 Å². The molecule has 0 spiro atoms. The molecule has 4 saturated carbocycles. The normalized spacial score (nSPS) is 44.2. The van der Waals surface area contributed by atoms with Crippen LogP contribution in [-0.4, -0.2) is 25.2 Å².